The molecule has 2 aromatic carbocycles. The maximum Gasteiger partial charge on any atom is 0.311 e. The summed E-state index contributed by atoms with van der Waals surface area (Å²) in [5.41, 5.74) is 2.23. The molecule has 0 saturated carbocycles. The number of benzene rings is 2. The van der Waals surface area contributed by atoms with Crippen molar-refractivity contribution in [2.45, 2.75) is 13.3 Å². The molecule has 0 bridgehead atoms. The van der Waals surface area contributed by atoms with Gasteiger partial charge in [0, 0.05) is 29.2 Å². The van der Waals surface area contributed by atoms with Crippen LogP contribution in [-0.2, 0) is 14.3 Å². The Balaban J connectivity index is 1.58. The summed E-state index contributed by atoms with van der Waals surface area (Å²) in [6.45, 7) is 1.85. The molecule has 0 unspecified atom stereocenters. The van der Waals surface area contributed by atoms with Crippen LogP contribution in [0, 0.1) is 12.8 Å². The summed E-state index contributed by atoms with van der Waals surface area (Å²) in [5.74, 6) is -1.53. The highest BCUT2D eigenvalue weighted by molar-refractivity contribution is 6.30. The molecule has 0 spiro atoms. The SMILES string of the molecule is Cc1cccc(N2C[C@@H](C(=O)OCC(=O)c3ccc(Cl)cc3)CC2=O)c1. The third-order valence-electron chi connectivity index (χ3n) is 4.28. The first-order valence-corrected chi connectivity index (χ1v) is 8.64. The van der Waals surface area contributed by atoms with E-state index in [1.165, 1.54) is 0 Å². The van der Waals surface area contributed by atoms with Crippen molar-refractivity contribution in [2.75, 3.05) is 18.1 Å². The van der Waals surface area contributed by atoms with Gasteiger partial charge in [0.05, 0.1) is 5.92 Å². The zero-order valence-corrected chi connectivity index (χ0v) is 15.0. The molecule has 1 fully saturated rings. The van der Waals surface area contributed by atoms with E-state index in [1.54, 1.807) is 29.2 Å². The second kappa shape index (κ2) is 7.70. The molecule has 0 radical (unpaired) electrons. The Kier molecular flexibility index (Phi) is 5.38. The van der Waals surface area contributed by atoms with Crippen LogP contribution in [0.1, 0.15) is 22.3 Å². The number of anilines is 1. The van der Waals surface area contributed by atoms with Crippen LogP contribution in [-0.4, -0.2) is 30.8 Å². The summed E-state index contributed by atoms with van der Waals surface area (Å²) in [7, 11) is 0. The molecular formula is C20H18ClNO4. The van der Waals surface area contributed by atoms with Gasteiger partial charge in [0.25, 0.3) is 0 Å². The largest absolute Gasteiger partial charge is 0.457 e. The molecule has 1 atom stereocenters. The lowest BCUT2D eigenvalue weighted by molar-refractivity contribution is -0.147. The van der Waals surface area contributed by atoms with Crippen LogP contribution >= 0.6 is 11.6 Å². The van der Waals surface area contributed by atoms with Crippen LogP contribution in [0.5, 0.6) is 0 Å². The first-order valence-electron chi connectivity index (χ1n) is 8.26. The molecule has 1 amide bonds. The fraction of sp³-hybridized carbons (Fsp3) is 0.250. The van der Waals surface area contributed by atoms with Crippen LogP contribution in [0.15, 0.2) is 48.5 Å². The highest BCUT2D eigenvalue weighted by atomic mass is 35.5. The van der Waals surface area contributed by atoms with Gasteiger partial charge in [-0.1, -0.05) is 23.7 Å². The highest BCUT2D eigenvalue weighted by Crippen LogP contribution is 2.26. The standard InChI is InChI=1S/C20H18ClNO4/c1-13-3-2-4-17(9-13)22-11-15(10-19(22)24)20(25)26-12-18(23)14-5-7-16(21)8-6-14/h2-9,15H,10-12H2,1H3/t15-/m0/s1. The topological polar surface area (TPSA) is 63.7 Å². The van der Waals surface area contributed by atoms with E-state index in [4.69, 9.17) is 16.3 Å². The van der Waals surface area contributed by atoms with E-state index in [1.807, 2.05) is 31.2 Å². The molecule has 3 rings (SSSR count). The average molecular weight is 372 g/mol. The number of esters is 1. The molecule has 0 aliphatic carbocycles. The lowest BCUT2D eigenvalue weighted by atomic mass is 10.1. The van der Waals surface area contributed by atoms with Crippen LogP contribution in [0.25, 0.3) is 0 Å². The lowest BCUT2D eigenvalue weighted by Gasteiger charge is -2.17. The number of hydrogen-bond donors (Lipinski definition) is 0. The normalized spacial score (nSPS) is 16.6. The van der Waals surface area contributed by atoms with E-state index < -0.39 is 11.9 Å². The maximum atomic E-state index is 12.3. The van der Waals surface area contributed by atoms with Gasteiger partial charge in [-0.2, -0.15) is 0 Å². The Morgan fingerprint density at radius 2 is 1.92 bits per heavy atom. The van der Waals surface area contributed by atoms with Crippen molar-refractivity contribution >= 4 is 34.9 Å². The monoisotopic (exact) mass is 371 g/mol. The molecule has 5 nitrogen and oxygen atoms in total. The smallest absolute Gasteiger partial charge is 0.311 e. The minimum atomic E-state index is -0.568. The molecule has 1 aliphatic heterocycles. The van der Waals surface area contributed by atoms with E-state index in [0.717, 1.165) is 11.3 Å². The number of rotatable bonds is 5. The van der Waals surface area contributed by atoms with E-state index in [0.29, 0.717) is 10.6 Å². The van der Waals surface area contributed by atoms with Crippen molar-refractivity contribution in [1.29, 1.82) is 0 Å². The van der Waals surface area contributed by atoms with Crippen molar-refractivity contribution < 1.29 is 19.1 Å². The van der Waals surface area contributed by atoms with Crippen LogP contribution in [0.2, 0.25) is 5.02 Å². The van der Waals surface area contributed by atoms with Gasteiger partial charge in [-0.15, -0.1) is 0 Å². The van der Waals surface area contributed by atoms with Crippen LogP contribution in [0.4, 0.5) is 5.69 Å². The van der Waals surface area contributed by atoms with Gasteiger partial charge in [-0.3, -0.25) is 14.4 Å². The van der Waals surface area contributed by atoms with Crippen molar-refractivity contribution in [2.24, 2.45) is 5.92 Å². The van der Waals surface area contributed by atoms with Crippen molar-refractivity contribution in [3.8, 4) is 0 Å². The minimum absolute atomic E-state index is 0.0852. The zero-order valence-electron chi connectivity index (χ0n) is 14.3. The Morgan fingerprint density at radius 1 is 1.19 bits per heavy atom. The van der Waals surface area contributed by atoms with Crippen molar-refractivity contribution in [3.63, 3.8) is 0 Å². The Hall–Kier alpha value is -2.66. The molecule has 6 heteroatoms. The fourth-order valence-corrected chi connectivity index (χ4v) is 3.01. The average Bonchev–Trinajstić information content (AvgIpc) is 3.02. The number of carbonyl (C=O) groups excluding carboxylic acids is 3. The number of carbonyl (C=O) groups is 3. The van der Waals surface area contributed by atoms with Gasteiger partial charge in [0.15, 0.2) is 12.4 Å². The second-order valence-electron chi connectivity index (χ2n) is 6.28. The highest BCUT2D eigenvalue weighted by Gasteiger charge is 2.36. The van der Waals surface area contributed by atoms with Gasteiger partial charge < -0.3 is 9.64 Å². The summed E-state index contributed by atoms with van der Waals surface area (Å²) in [5, 5.41) is 0.527. The van der Waals surface area contributed by atoms with Gasteiger partial charge in [-0.05, 0) is 48.9 Å². The molecule has 1 heterocycles. The van der Waals surface area contributed by atoms with Crippen molar-refractivity contribution in [3.05, 3.63) is 64.7 Å². The predicted molar refractivity (Wildman–Crippen MR) is 98.4 cm³/mol. The summed E-state index contributed by atoms with van der Waals surface area (Å²) < 4.78 is 5.13. The first-order chi connectivity index (χ1) is 12.4. The molecule has 26 heavy (non-hydrogen) atoms. The number of aryl methyl sites for hydroxylation is 1. The molecular weight excluding hydrogens is 354 g/mol. The fourth-order valence-electron chi connectivity index (χ4n) is 2.88. The Bertz CT molecular complexity index is 847. The summed E-state index contributed by atoms with van der Waals surface area (Å²) in [6.07, 6.45) is 0.0852. The van der Waals surface area contributed by atoms with Crippen LogP contribution < -0.4 is 4.90 Å². The Labute approximate surface area is 156 Å². The Morgan fingerprint density at radius 3 is 2.62 bits per heavy atom. The molecule has 1 saturated heterocycles. The lowest BCUT2D eigenvalue weighted by Crippen LogP contribution is -2.27. The minimum Gasteiger partial charge on any atom is -0.457 e. The molecule has 0 aromatic heterocycles. The van der Waals surface area contributed by atoms with E-state index in [2.05, 4.69) is 0 Å². The molecule has 0 N–H and O–H groups in total. The number of nitrogens with zero attached hydrogens (tertiary/aromatic N) is 1. The van der Waals surface area contributed by atoms with Gasteiger partial charge in [0.2, 0.25) is 5.91 Å². The molecule has 1 aliphatic rings. The number of Topliss-reactive ketones (excluding diaryl/α,β-unsaturated/α-hetero) is 1. The maximum absolute atomic E-state index is 12.3. The molecule has 134 valence electrons. The van der Waals surface area contributed by atoms with Crippen LogP contribution in [0.3, 0.4) is 0 Å². The third kappa shape index (κ3) is 4.11. The number of hydrogen-bond acceptors (Lipinski definition) is 4. The molecule has 2 aromatic rings. The summed E-state index contributed by atoms with van der Waals surface area (Å²) in [4.78, 5) is 38.1. The number of halogens is 1. The third-order valence-corrected chi connectivity index (χ3v) is 4.54. The van der Waals surface area contributed by atoms with Gasteiger partial charge >= 0.3 is 5.97 Å². The van der Waals surface area contributed by atoms with E-state index in [9.17, 15) is 14.4 Å². The number of ether oxygens (including phenoxy) is 1. The van der Waals surface area contributed by atoms with Gasteiger partial charge in [0.1, 0.15) is 0 Å². The van der Waals surface area contributed by atoms with E-state index >= 15 is 0 Å². The van der Waals surface area contributed by atoms with E-state index in [-0.39, 0.29) is 31.3 Å². The second-order valence-corrected chi connectivity index (χ2v) is 6.72. The first kappa shape index (κ1) is 18.1. The number of amides is 1. The predicted octanol–water partition coefficient (Wildman–Crippen LogP) is 3.43. The zero-order chi connectivity index (χ0) is 18.7. The summed E-state index contributed by atoms with van der Waals surface area (Å²) >= 11 is 5.78. The van der Waals surface area contributed by atoms with Crippen molar-refractivity contribution in [1.82, 2.24) is 0 Å². The van der Waals surface area contributed by atoms with Gasteiger partial charge in [-0.25, -0.2) is 0 Å². The summed E-state index contributed by atoms with van der Waals surface area (Å²) in [6, 6.07) is 13.9. The number of ketones is 1. The quantitative estimate of drug-likeness (QED) is 0.596.